The standard InChI is InChI=1S/C20H28N4O3S2/c1-13(2)9-18-22-23-20(28-18)21-19(25)16-5-7-17(8-6-16)29(26,27)24-11-14(3)10-15(4)12-24/h5-8,13-15H,9-12H2,1-4H3,(H,21,23,25). The van der Waals surface area contributed by atoms with E-state index >= 15 is 0 Å². The first-order valence-electron chi connectivity index (χ1n) is 9.89. The third-order valence-corrected chi connectivity index (χ3v) is 7.57. The largest absolute Gasteiger partial charge is 0.296 e. The summed E-state index contributed by atoms with van der Waals surface area (Å²) >= 11 is 1.35. The van der Waals surface area contributed by atoms with Gasteiger partial charge in [0.2, 0.25) is 15.2 Å². The topological polar surface area (TPSA) is 92.3 Å². The van der Waals surface area contributed by atoms with E-state index < -0.39 is 10.0 Å². The van der Waals surface area contributed by atoms with E-state index in [1.165, 1.54) is 35.6 Å². The highest BCUT2D eigenvalue weighted by molar-refractivity contribution is 7.89. The number of aromatic nitrogens is 2. The van der Waals surface area contributed by atoms with Crippen molar-refractivity contribution in [2.24, 2.45) is 17.8 Å². The first-order valence-corrected chi connectivity index (χ1v) is 12.1. The van der Waals surface area contributed by atoms with Gasteiger partial charge in [-0.2, -0.15) is 4.31 Å². The molecule has 1 N–H and O–H groups in total. The molecule has 2 atom stereocenters. The number of hydrogen-bond donors (Lipinski definition) is 1. The number of nitrogens with one attached hydrogen (secondary N) is 1. The lowest BCUT2D eigenvalue weighted by Gasteiger charge is -2.34. The van der Waals surface area contributed by atoms with E-state index in [0.717, 1.165) is 17.8 Å². The molecule has 1 aromatic heterocycles. The number of amides is 1. The number of carbonyl (C=O) groups is 1. The fourth-order valence-electron chi connectivity index (χ4n) is 3.63. The molecule has 1 aliphatic heterocycles. The van der Waals surface area contributed by atoms with Crippen LogP contribution in [0.15, 0.2) is 29.2 Å². The molecule has 2 unspecified atom stereocenters. The van der Waals surface area contributed by atoms with Crippen LogP contribution in [0.25, 0.3) is 0 Å². The molecule has 0 aliphatic carbocycles. The zero-order valence-electron chi connectivity index (χ0n) is 17.3. The number of hydrogen-bond acceptors (Lipinski definition) is 6. The van der Waals surface area contributed by atoms with Crippen LogP contribution in [0.2, 0.25) is 0 Å². The van der Waals surface area contributed by atoms with E-state index in [1.54, 1.807) is 4.31 Å². The summed E-state index contributed by atoms with van der Waals surface area (Å²) in [4.78, 5) is 12.7. The molecule has 1 aliphatic rings. The summed E-state index contributed by atoms with van der Waals surface area (Å²) in [6, 6.07) is 6.07. The van der Waals surface area contributed by atoms with Crippen molar-refractivity contribution in [3.8, 4) is 0 Å². The molecule has 0 bridgehead atoms. The number of carbonyl (C=O) groups excluding carboxylic acids is 1. The van der Waals surface area contributed by atoms with Crippen molar-refractivity contribution < 1.29 is 13.2 Å². The van der Waals surface area contributed by atoms with Gasteiger partial charge in [-0.3, -0.25) is 10.1 Å². The van der Waals surface area contributed by atoms with Crippen LogP contribution < -0.4 is 5.32 Å². The Hall–Kier alpha value is -1.84. The monoisotopic (exact) mass is 436 g/mol. The van der Waals surface area contributed by atoms with Crippen molar-refractivity contribution in [2.75, 3.05) is 18.4 Å². The van der Waals surface area contributed by atoms with Gasteiger partial charge in [-0.05, 0) is 48.4 Å². The maximum atomic E-state index is 13.0. The first kappa shape index (κ1) is 21.9. The van der Waals surface area contributed by atoms with Crippen molar-refractivity contribution in [1.82, 2.24) is 14.5 Å². The van der Waals surface area contributed by atoms with Crippen LogP contribution >= 0.6 is 11.3 Å². The van der Waals surface area contributed by atoms with Crippen molar-refractivity contribution in [2.45, 2.75) is 45.4 Å². The molecule has 29 heavy (non-hydrogen) atoms. The van der Waals surface area contributed by atoms with Gasteiger partial charge in [0, 0.05) is 25.1 Å². The fourth-order valence-corrected chi connectivity index (χ4v) is 6.26. The molecule has 0 radical (unpaired) electrons. The number of nitrogens with zero attached hydrogens (tertiary/aromatic N) is 3. The Morgan fingerprint density at radius 2 is 1.79 bits per heavy atom. The van der Waals surface area contributed by atoms with Crippen molar-refractivity contribution in [3.63, 3.8) is 0 Å². The van der Waals surface area contributed by atoms with Gasteiger partial charge in [0.15, 0.2) is 0 Å². The Morgan fingerprint density at radius 1 is 1.17 bits per heavy atom. The zero-order chi connectivity index (χ0) is 21.2. The maximum Gasteiger partial charge on any atom is 0.257 e. The summed E-state index contributed by atoms with van der Waals surface area (Å²) in [5.74, 6) is 0.811. The third kappa shape index (κ3) is 5.40. The molecule has 0 saturated carbocycles. The van der Waals surface area contributed by atoms with E-state index in [0.29, 0.717) is 41.5 Å². The molecule has 1 aromatic carbocycles. The summed E-state index contributed by atoms with van der Waals surface area (Å²) in [6.45, 7) is 9.41. The highest BCUT2D eigenvalue weighted by Gasteiger charge is 2.31. The molecule has 1 saturated heterocycles. The minimum atomic E-state index is -3.56. The van der Waals surface area contributed by atoms with Crippen LogP contribution in [-0.4, -0.2) is 41.9 Å². The minimum Gasteiger partial charge on any atom is -0.296 e. The van der Waals surface area contributed by atoms with E-state index in [4.69, 9.17) is 0 Å². The molecular formula is C20H28N4O3S2. The minimum absolute atomic E-state index is 0.213. The zero-order valence-corrected chi connectivity index (χ0v) is 18.9. The Kier molecular flexibility index (Phi) is 6.70. The van der Waals surface area contributed by atoms with Crippen molar-refractivity contribution in [3.05, 3.63) is 34.8 Å². The smallest absolute Gasteiger partial charge is 0.257 e. The quantitative estimate of drug-likeness (QED) is 0.746. The van der Waals surface area contributed by atoms with Gasteiger partial charge < -0.3 is 0 Å². The lowest BCUT2D eigenvalue weighted by molar-refractivity contribution is 0.102. The predicted molar refractivity (Wildman–Crippen MR) is 115 cm³/mol. The highest BCUT2D eigenvalue weighted by atomic mass is 32.2. The number of benzene rings is 1. The number of anilines is 1. The maximum absolute atomic E-state index is 13.0. The molecule has 158 valence electrons. The van der Waals surface area contributed by atoms with E-state index in [2.05, 4.69) is 43.2 Å². The van der Waals surface area contributed by atoms with Crippen LogP contribution in [0.1, 0.15) is 49.5 Å². The molecule has 2 aromatic rings. The van der Waals surface area contributed by atoms with Crippen LogP contribution in [0.5, 0.6) is 0 Å². The number of sulfonamides is 1. The van der Waals surface area contributed by atoms with Gasteiger partial charge in [0.1, 0.15) is 5.01 Å². The van der Waals surface area contributed by atoms with E-state index in [1.807, 2.05) is 0 Å². The normalized spacial score (nSPS) is 20.7. The lowest BCUT2D eigenvalue weighted by atomic mass is 9.94. The summed E-state index contributed by atoms with van der Waals surface area (Å²) in [7, 11) is -3.56. The van der Waals surface area contributed by atoms with Crippen molar-refractivity contribution in [1.29, 1.82) is 0 Å². The second-order valence-corrected chi connectivity index (χ2v) is 11.3. The summed E-state index contributed by atoms with van der Waals surface area (Å²) in [6.07, 6.45) is 1.85. The van der Waals surface area contributed by atoms with E-state index in [9.17, 15) is 13.2 Å². The Morgan fingerprint density at radius 3 is 2.38 bits per heavy atom. The van der Waals surface area contributed by atoms with Gasteiger partial charge in [-0.25, -0.2) is 8.42 Å². The van der Waals surface area contributed by atoms with E-state index in [-0.39, 0.29) is 10.8 Å². The molecular weight excluding hydrogens is 408 g/mol. The van der Waals surface area contributed by atoms with Gasteiger partial charge in [-0.1, -0.05) is 39.0 Å². The van der Waals surface area contributed by atoms with Gasteiger partial charge in [0.05, 0.1) is 4.90 Å². The highest BCUT2D eigenvalue weighted by Crippen LogP contribution is 2.27. The van der Waals surface area contributed by atoms with Crippen LogP contribution in [0, 0.1) is 17.8 Å². The summed E-state index contributed by atoms with van der Waals surface area (Å²) < 4.78 is 27.5. The predicted octanol–water partition coefficient (Wildman–Crippen LogP) is 3.66. The lowest BCUT2D eigenvalue weighted by Crippen LogP contribution is -2.42. The van der Waals surface area contributed by atoms with Crippen LogP contribution in [-0.2, 0) is 16.4 Å². The van der Waals surface area contributed by atoms with Gasteiger partial charge >= 0.3 is 0 Å². The SMILES string of the molecule is CC(C)Cc1nnc(NC(=O)c2ccc(S(=O)(=O)N3CC(C)CC(C)C3)cc2)s1. The summed E-state index contributed by atoms with van der Waals surface area (Å²) in [5.41, 5.74) is 0.380. The molecule has 3 rings (SSSR count). The molecule has 9 heteroatoms. The molecule has 1 fully saturated rings. The number of piperidine rings is 1. The Balaban J connectivity index is 1.69. The van der Waals surface area contributed by atoms with Crippen molar-refractivity contribution >= 4 is 32.4 Å². The Labute approximate surface area is 176 Å². The fraction of sp³-hybridized carbons (Fsp3) is 0.550. The third-order valence-electron chi connectivity index (χ3n) is 4.86. The second kappa shape index (κ2) is 8.89. The first-order chi connectivity index (χ1) is 13.6. The number of rotatable bonds is 6. The average molecular weight is 437 g/mol. The van der Waals surface area contributed by atoms with Gasteiger partial charge in [0.25, 0.3) is 5.91 Å². The molecule has 2 heterocycles. The second-order valence-electron chi connectivity index (χ2n) is 8.35. The van der Waals surface area contributed by atoms with Gasteiger partial charge in [-0.15, -0.1) is 10.2 Å². The molecule has 0 spiro atoms. The molecule has 7 nitrogen and oxygen atoms in total. The average Bonchev–Trinajstić information content (AvgIpc) is 3.07. The van der Waals surface area contributed by atoms with Crippen LogP contribution in [0.3, 0.4) is 0 Å². The summed E-state index contributed by atoms with van der Waals surface area (Å²) in [5, 5.41) is 12.1. The van der Waals surface area contributed by atoms with Crippen LogP contribution in [0.4, 0.5) is 5.13 Å². The molecule has 1 amide bonds. The Bertz CT molecular complexity index is 944.